The Hall–Kier alpha value is -1.08. The fourth-order valence-electron chi connectivity index (χ4n) is 2.02. The molecule has 19 heavy (non-hydrogen) atoms. The Bertz CT molecular complexity index is 402. The van der Waals surface area contributed by atoms with Crippen LogP contribution in [0.15, 0.2) is 30.3 Å². The number of hydrogen-bond acceptors (Lipinski definition) is 1. The molecule has 0 amide bonds. The van der Waals surface area contributed by atoms with E-state index in [0.717, 1.165) is 19.3 Å². The molecule has 0 bridgehead atoms. The Morgan fingerprint density at radius 3 is 2.63 bits per heavy atom. The van der Waals surface area contributed by atoms with Gasteiger partial charge in [-0.1, -0.05) is 64.1 Å². The zero-order valence-electron chi connectivity index (χ0n) is 12.8. The monoisotopic (exact) mass is 260 g/mol. The van der Waals surface area contributed by atoms with E-state index in [-0.39, 0.29) is 12.0 Å². The maximum atomic E-state index is 9.19. The molecule has 0 heterocycles. The molecule has 0 aromatic heterocycles. The van der Waals surface area contributed by atoms with Gasteiger partial charge in [0.25, 0.3) is 0 Å². The summed E-state index contributed by atoms with van der Waals surface area (Å²) in [5, 5.41) is 9.19. The molecule has 0 radical (unpaired) electrons. The summed E-state index contributed by atoms with van der Waals surface area (Å²) in [6, 6.07) is 8.73. The molecule has 0 aliphatic heterocycles. The summed E-state index contributed by atoms with van der Waals surface area (Å²) in [7, 11) is 0. The number of allylic oxidation sites excluding steroid dienone is 1. The first-order valence-electron chi connectivity index (χ1n) is 7.32. The highest BCUT2D eigenvalue weighted by Gasteiger charge is 2.14. The first kappa shape index (κ1) is 16.0. The maximum absolute atomic E-state index is 9.19. The summed E-state index contributed by atoms with van der Waals surface area (Å²) in [6.07, 6.45) is 7.73. The lowest BCUT2D eigenvalue weighted by Gasteiger charge is -2.20. The topological polar surface area (TPSA) is 20.2 Å². The van der Waals surface area contributed by atoms with Gasteiger partial charge in [0.2, 0.25) is 0 Å². The molecule has 1 nitrogen and oxygen atoms in total. The molecule has 1 aromatic carbocycles. The van der Waals surface area contributed by atoms with Crippen molar-refractivity contribution in [3.05, 3.63) is 41.5 Å². The lowest BCUT2D eigenvalue weighted by Crippen LogP contribution is -2.15. The van der Waals surface area contributed by atoms with Crippen molar-refractivity contribution in [2.75, 3.05) is 6.61 Å². The van der Waals surface area contributed by atoms with E-state index in [1.54, 1.807) is 0 Å². The van der Waals surface area contributed by atoms with Gasteiger partial charge in [-0.3, -0.25) is 0 Å². The second-order valence-electron chi connectivity index (χ2n) is 6.44. The average Bonchev–Trinajstić information content (AvgIpc) is 2.38. The Labute approximate surface area is 118 Å². The zero-order valence-corrected chi connectivity index (χ0v) is 12.8. The van der Waals surface area contributed by atoms with Crippen LogP contribution in [-0.4, -0.2) is 11.7 Å². The summed E-state index contributed by atoms with van der Waals surface area (Å²) in [5.74, 6) is 0.582. The third-order valence-corrected chi connectivity index (χ3v) is 3.54. The van der Waals surface area contributed by atoms with Gasteiger partial charge in [-0.25, -0.2) is 0 Å². The lowest BCUT2D eigenvalue weighted by molar-refractivity contribution is 0.148. The van der Waals surface area contributed by atoms with Crippen molar-refractivity contribution in [3.63, 3.8) is 0 Å². The third kappa shape index (κ3) is 6.07. The van der Waals surface area contributed by atoms with E-state index in [2.05, 4.69) is 64.1 Å². The molecule has 0 aliphatic rings. The van der Waals surface area contributed by atoms with Gasteiger partial charge in [0.05, 0.1) is 0 Å². The molecular formula is C18H28O. The first-order chi connectivity index (χ1) is 8.94. The molecule has 0 spiro atoms. The number of aliphatic hydroxyl groups excluding tert-OH is 1. The van der Waals surface area contributed by atoms with E-state index in [0.29, 0.717) is 5.92 Å². The summed E-state index contributed by atoms with van der Waals surface area (Å²) in [4.78, 5) is 0. The molecule has 0 saturated heterocycles. The highest BCUT2D eigenvalue weighted by atomic mass is 16.3. The SMILES string of the molecule is CC(C)c1cccc(/C=C/CCCC(C)(C)CO)c1. The van der Waals surface area contributed by atoms with Gasteiger partial charge in [0, 0.05) is 6.61 Å². The van der Waals surface area contributed by atoms with Crippen molar-refractivity contribution >= 4 is 6.08 Å². The van der Waals surface area contributed by atoms with Gasteiger partial charge < -0.3 is 5.11 Å². The number of unbranched alkanes of at least 4 members (excludes halogenated alkanes) is 1. The molecule has 106 valence electrons. The number of benzene rings is 1. The average molecular weight is 260 g/mol. The molecule has 0 aliphatic carbocycles. The molecule has 1 N–H and O–H groups in total. The summed E-state index contributed by atoms with van der Waals surface area (Å²) in [5.41, 5.74) is 2.74. The van der Waals surface area contributed by atoms with Gasteiger partial charge in [-0.2, -0.15) is 0 Å². The van der Waals surface area contributed by atoms with Gasteiger partial charge in [-0.15, -0.1) is 0 Å². The summed E-state index contributed by atoms with van der Waals surface area (Å²) < 4.78 is 0. The van der Waals surface area contributed by atoms with Crippen molar-refractivity contribution in [2.24, 2.45) is 5.41 Å². The fourth-order valence-corrected chi connectivity index (χ4v) is 2.02. The van der Waals surface area contributed by atoms with Crippen molar-refractivity contribution in [2.45, 2.75) is 52.9 Å². The Kier molecular flexibility index (Phi) is 6.30. The summed E-state index contributed by atoms with van der Waals surface area (Å²) >= 11 is 0. The Morgan fingerprint density at radius 1 is 1.26 bits per heavy atom. The van der Waals surface area contributed by atoms with E-state index < -0.39 is 0 Å². The van der Waals surface area contributed by atoms with Crippen LogP contribution in [0, 0.1) is 5.41 Å². The highest BCUT2D eigenvalue weighted by molar-refractivity contribution is 5.50. The van der Waals surface area contributed by atoms with Crippen molar-refractivity contribution in [3.8, 4) is 0 Å². The van der Waals surface area contributed by atoms with Crippen molar-refractivity contribution < 1.29 is 5.11 Å². The minimum absolute atomic E-state index is 0.0609. The van der Waals surface area contributed by atoms with Crippen LogP contribution < -0.4 is 0 Å². The molecule has 0 saturated carbocycles. The number of aliphatic hydroxyl groups is 1. The highest BCUT2D eigenvalue weighted by Crippen LogP contribution is 2.22. The Balaban J connectivity index is 2.43. The third-order valence-electron chi connectivity index (χ3n) is 3.54. The normalized spacial score (nSPS) is 12.5. The first-order valence-corrected chi connectivity index (χ1v) is 7.32. The van der Waals surface area contributed by atoms with Gasteiger partial charge in [0.15, 0.2) is 0 Å². The summed E-state index contributed by atoms with van der Waals surface area (Å²) in [6.45, 7) is 8.94. The van der Waals surface area contributed by atoms with E-state index >= 15 is 0 Å². The van der Waals surface area contributed by atoms with E-state index in [1.165, 1.54) is 11.1 Å². The second-order valence-corrected chi connectivity index (χ2v) is 6.44. The molecule has 1 heteroatoms. The van der Waals surface area contributed by atoms with Crippen molar-refractivity contribution in [1.29, 1.82) is 0 Å². The Morgan fingerprint density at radius 2 is 2.00 bits per heavy atom. The largest absolute Gasteiger partial charge is 0.396 e. The van der Waals surface area contributed by atoms with Crippen LogP contribution in [0.4, 0.5) is 0 Å². The molecule has 0 atom stereocenters. The predicted octanol–water partition coefficient (Wildman–Crippen LogP) is 5.01. The van der Waals surface area contributed by atoms with Crippen LogP contribution in [0.25, 0.3) is 6.08 Å². The van der Waals surface area contributed by atoms with E-state index in [1.807, 2.05) is 0 Å². The molecule has 1 aromatic rings. The molecular weight excluding hydrogens is 232 g/mol. The van der Waals surface area contributed by atoms with Crippen LogP contribution in [0.3, 0.4) is 0 Å². The minimum atomic E-state index is 0.0609. The predicted molar refractivity (Wildman–Crippen MR) is 84.3 cm³/mol. The smallest absolute Gasteiger partial charge is 0.0482 e. The molecule has 0 unspecified atom stereocenters. The van der Waals surface area contributed by atoms with Crippen LogP contribution >= 0.6 is 0 Å². The quantitative estimate of drug-likeness (QED) is 0.683. The van der Waals surface area contributed by atoms with Crippen molar-refractivity contribution in [1.82, 2.24) is 0 Å². The van der Waals surface area contributed by atoms with Crippen LogP contribution in [0.1, 0.15) is 64.0 Å². The molecule has 0 fully saturated rings. The number of rotatable bonds is 7. The van der Waals surface area contributed by atoms with Crippen LogP contribution in [-0.2, 0) is 0 Å². The van der Waals surface area contributed by atoms with Crippen LogP contribution in [0.2, 0.25) is 0 Å². The molecule has 1 rings (SSSR count). The lowest BCUT2D eigenvalue weighted by atomic mass is 9.88. The van der Waals surface area contributed by atoms with E-state index in [9.17, 15) is 5.11 Å². The standard InChI is InChI=1S/C18H28O/c1-15(2)17-11-8-10-16(13-17)9-6-5-7-12-18(3,4)14-19/h6,8-11,13,15,19H,5,7,12,14H2,1-4H3/b9-6+. The van der Waals surface area contributed by atoms with Gasteiger partial charge >= 0.3 is 0 Å². The zero-order chi connectivity index (χ0) is 14.3. The number of hydrogen-bond donors (Lipinski definition) is 1. The maximum Gasteiger partial charge on any atom is 0.0482 e. The van der Waals surface area contributed by atoms with Gasteiger partial charge in [-0.05, 0) is 41.7 Å². The second kappa shape index (κ2) is 7.49. The van der Waals surface area contributed by atoms with E-state index in [4.69, 9.17) is 0 Å². The minimum Gasteiger partial charge on any atom is -0.396 e. The fraction of sp³-hybridized carbons (Fsp3) is 0.556. The van der Waals surface area contributed by atoms with Crippen LogP contribution in [0.5, 0.6) is 0 Å². The van der Waals surface area contributed by atoms with Gasteiger partial charge in [0.1, 0.15) is 0 Å².